The first-order valence-corrected chi connectivity index (χ1v) is 9.88. The van der Waals surface area contributed by atoms with Crippen LogP contribution in [0.4, 0.5) is 0 Å². The topological polar surface area (TPSA) is 77.7 Å². The number of carbonyl (C=O) groups excluding carboxylic acids is 1. The molecule has 0 bridgehead atoms. The summed E-state index contributed by atoms with van der Waals surface area (Å²) < 4.78 is 16.4. The van der Waals surface area contributed by atoms with E-state index in [0.717, 1.165) is 64.0 Å². The minimum Gasteiger partial charge on any atom is -0.375 e. The number of nitrogens with zero attached hydrogens (tertiary/aromatic N) is 3. The first-order chi connectivity index (χ1) is 12.7. The smallest absolute Gasteiger partial charge is 0.252 e. The maximum absolute atomic E-state index is 12.3. The van der Waals surface area contributed by atoms with Crippen LogP contribution in [0.1, 0.15) is 56.7 Å². The van der Waals surface area contributed by atoms with Gasteiger partial charge in [-0.1, -0.05) is 5.16 Å². The van der Waals surface area contributed by atoms with Crippen molar-refractivity contribution in [3.05, 3.63) is 11.7 Å². The lowest BCUT2D eigenvalue weighted by molar-refractivity contribution is -0.147. The van der Waals surface area contributed by atoms with Crippen LogP contribution in [0.5, 0.6) is 0 Å². The highest BCUT2D eigenvalue weighted by molar-refractivity contribution is 5.76. The molecule has 2 aliphatic heterocycles. The van der Waals surface area contributed by atoms with Crippen LogP contribution in [0.3, 0.4) is 0 Å². The van der Waals surface area contributed by atoms with Gasteiger partial charge in [-0.25, -0.2) is 0 Å². The van der Waals surface area contributed by atoms with Crippen molar-refractivity contribution in [2.75, 3.05) is 26.8 Å². The number of methoxy groups -OCH3 is 1. The van der Waals surface area contributed by atoms with E-state index in [1.165, 1.54) is 12.8 Å². The summed E-state index contributed by atoms with van der Waals surface area (Å²) in [5.74, 6) is 2.80. The Labute approximate surface area is 154 Å². The van der Waals surface area contributed by atoms with Crippen molar-refractivity contribution in [3.63, 3.8) is 0 Å². The quantitative estimate of drug-likeness (QED) is 0.772. The predicted molar refractivity (Wildman–Crippen MR) is 93.3 cm³/mol. The molecule has 0 aromatic carbocycles. The van der Waals surface area contributed by atoms with E-state index in [0.29, 0.717) is 30.2 Å². The first-order valence-electron chi connectivity index (χ1n) is 9.88. The average Bonchev–Trinajstić information content (AvgIpc) is 3.34. The summed E-state index contributed by atoms with van der Waals surface area (Å²) in [7, 11) is 1.62. The number of rotatable bonds is 6. The van der Waals surface area contributed by atoms with Gasteiger partial charge in [-0.2, -0.15) is 4.98 Å². The molecule has 0 N–H and O–H groups in total. The molecule has 3 aliphatic rings. The van der Waals surface area contributed by atoms with Crippen LogP contribution in [-0.2, 0) is 27.3 Å². The molecule has 1 spiro atoms. The van der Waals surface area contributed by atoms with E-state index < -0.39 is 0 Å². The molecule has 3 heterocycles. The molecule has 26 heavy (non-hydrogen) atoms. The number of likely N-dealkylation sites (tertiary alicyclic amines) is 1. The fourth-order valence-electron chi connectivity index (χ4n) is 4.33. The summed E-state index contributed by atoms with van der Waals surface area (Å²) >= 11 is 0. The standard InChI is InChI=1S/C19H29N3O4/c1-24-13-17-20-16(21-26-17)10-15-4-9-25-19(12-15)5-7-22(8-6-19)18(23)11-14-2-3-14/h14-15H,2-13H2,1H3. The summed E-state index contributed by atoms with van der Waals surface area (Å²) in [6, 6.07) is 0. The van der Waals surface area contributed by atoms with Gasteiger partial charge in [0.1, 0.15) is 6.61 Å². The van der Waals surface area contributed by atoms with Crippen molar-refractivity contribution in [1.82, 2.24) is 15.0 Å². The Morgan fingerprint density at radius 1 is 1.27 bits per heavy atom. The summed E-state index contributed by atoms with van der Waals surface area (Å²) in [6.45, 7) is 2.80. The molecule has 1 aliphatic carbocycles. The van der Waals surface area contributed by atoms with E-state index in [-0.39, 0.29) is 5.60 Å². The highest BCUT2D eigenvalue weighted by Gasteiger charge is 2.41. The molecule has 1 saturated carbocycles. The van der Waals surface area contributed by atoms with Gasteiger partial charge in [0.25, 0.3) is 5.89 Å². The van der Waals surface area contributed by atoms with E-state index in [2.05, 4.69) is 10.1 Å². The minimum absolute atomic E-state index is 0.0711. The number of hydrogen-bond donors (Lipinski definition) is 0. The Balaban J connectivity index is 1.29. The molecule has 1 unspecified atom stereocenters. The fourth-order valence-corrected chi connectivity index (χ4v) is 4.33. The van der Waals surface area contributed by atoms with Gasteiger partial charge in [0.15, 0.2) is 5.82 Å². The Hall–Kier alpha value is -1.47. The lowest BCUT2D eigenvalue weighted by Gasteiger charge is -2.46. The van der Waals surface area contributed by atoms with E-state index in [1.807, 2.05) is 4.90 Å². The molecule has 7 heteroatoms. The Bertz CT molecular complexity index is 620. The summed E-state index contributed by atoms with van der Waals surface area (Å²) in [5, 5.41) is 4.07. The molecular weight excluding hydrogens is 334 g/mol. The van der Waals surface area contributed by atoms with Crippen molar-refractivity contribution in [2.24, 2.45) is 11.8 Å². The molecule has 144 valence electrons. The highest BCUT2D eigenvalue weighted by atomic mass is 16.5. The van der Waals surface area contributed by atoms with Crippen molar-refractivity contribution >= 4 is 5.91 Å². The zero-order chi connectivity index (χ0) is 18.0. The van der Waals surface area contributed by atoms with Gasteiger partial charge in [-0.15, -0.1) is 0 Å². The molecule has 1 aromatic rings. The van der Waals surface area contributed by atoms with Crippen LogP contribution in [0, 0.1) is 11.8 Å². The zero-order valence-corrected chi connectivity index (χ0v) is 15.6. The minimum atomic E-state index is -0.0711. The Morgan fingerprint density at radius 2 is 2.08 bits per heavy atom. The fraction of sp³-hybridized carbons (Fsp3) is 0.842. The molecule has 1 amide bonds. The number of piperidine rings is 1. The first kappa shape index (κ1) is 17.9. The van der Waals surface area contributed by atoms with E-state index in [4.69, 9.17) is 14.0 Å². The molecule has 0 radical (unpaired) electrons. The highest BCUT2D eigenvalue weighted by Crippen LogP contribution is 2.39. The molecular formula is C19H29N3O4. The van der Waals surface area contributed by atoms with Gasteiger partial charge in [0.2, 0.25) is 5.91 Å². The number of aromatic nitrogens is 2. The van der Waals surface area contributed by atoms with Crippen molar-refractivity contribution in [1.29, 1.82) is 0 Å². The summed E-state index contributed by atoms with van der Waals surface area (Å²) in [4.78, 5) is 18.8. The van der Waals surface area contributed by atoms with Gasteiger partial charge >= 0.3 is 0 Å². The number of amides is 1. The van der Waals surface area contributed by atoms with Gasteiger partial charge in [0, 0.05) is 39.6 Å². The zero-order valence-electron chi connectivity index (χ0n) is 15.6. The van der Waals surface area contributed by atoms with Crippen LogP contribution in [0.25, 0.3) is 0 Å². The van der Waals surface area contributed by atoms with Crippen LogP contribution in [-0.4, -0.2) is 53.4 Å². The second-order valence-corrected chi connectivity index (χ2v) is 8.16. The third-order valence-electron chi connectivity index (χ3n) is 6.03. The third kappa shape index (κ3) is 4.26. The van der Waals surface area contributed by atoms with Crippen LogP contribution in [0.15, 0.2) is 4.52 Å². The summed E-state index contributed by atoms with van der Waals surface area (Å²) in [6.07, 6.45) is 7.97. The largest absolute Gasteiger partial charge is 0.375 e. The predicted octanol–water partition coefficient (Wildman–Crippen LogP) is 2.35. The number of carbonyl (C=O) groups is 1. The maximum Gasteiger partial charge on any atom is 0.252 e. The van der Waals surface area contributed by atoms with Gasteiger partial charge in [-0.3, -0.25) is 4.79 Å². The van der Waals surface area contributed by atoms with E-state index in [1.54, 1.807) is 7.11 Å². The van der Waals surface area contributed by atoms with E-state index >= 15 is 0 Å². The normalized spacial score (nSPS) is 25.6. The Kier molecular flexibility index (Phi) is 5.27. The van der Waals surface area contributed by atoms with Crippen molar-refractivity contribution < 1.29 is 18.8 Å². The monoisotopic (exact) mass is 363 g/mol. The second kappa shape index (κ2) is 7.64. The molecule has 4 rings (SSSR count). The molecule has 1 aromatic heterocycles. The lowest BCUT2D eigenvalue weighted by Crippen LogP contribution is -2.51. The third-order valence-corrected chi connectivity index (χ3v) is 6.03. The van der Waals surface area contributed by atoms with Crippen molar-refractivity contribution in [3.8, 4) is 0 Å². The summed E-state index contributed by atoms with van der Waals surface area (Å²) in [5.41, 5.74) is -0.0711. The molecule has 7 nitrogen and oxygen atoms in total. The second-order valence-electron chi connectivity index (χ2n) is 8.16. The average molecular weight is 363 g/mol. The van der Waals surface area contributed by atoms with Crippen LogP contribution < -0.4 is 0 Å². The van der Waals surface area contributed by atoms with Crippen LogP contribution in [0.2, 0.25) is 0 Å². The molecule has 1 atom stereocenters. The molecule has 3 fully saturated rings. The van der Waals surface area contributed by atoms with Gasteiger partial charge in [-0.05, 0) is 50.4 Å². The van der Waals surface area contributed by atoms with Crippen molar-refractivity contribution in [2.45, 2.75) is 63.6 Å². The lowest BCUT2D eigenvalue weighted by atomic mass is 9.78. The van der Waals surface area contributed by atoms with E-state index in [9.17, 15) is 4.79 Å². The maximum atomic E-state index is 12.3. The number of hydrogen-bond acceptors (Lipinski definition) is 6. The molecule has 2 saturated heterocycles. The Morgan fingerprint density at radius 3 is 2.81 bits per heavy atom. The van der Waals surface area contributed by atoms with Gasteiger partial charge in [0.05, 0.1) is 5.60 Å². The number of ether oxygens (including phenoxy) is 2. The van der Waals surface area contributed by atoms with Crippen LogP contribution >= 0.6 is 0 Å². The van der Waals surface area contributed by atoms with Gasteiger partial charge < -0.3 is 18.9 Å². The SMILES string of the molecule is COCc1nc(CC2CCOC3(CCN(C(=O)CC4CC4)CC3)C2)no1.